The van der Waals surface area contributed by atoms with E-state index < -0.39 is 0 Å². The molecule has 0 radical (unpaired) electrons. The number of hydrogen-bond donors (Lipinski definition) is 2. The van der Waals surface area contributed by atoms with Crippen LogP contribution >= 0.6 is 24.0 Å². The monoisotopic (exact) mass is 534 g/mol. The molecule has 0 bridgehead atoms. The van der Waals surface area contributed by atoms with Gasteiger partial charge in [0.25, 0.3) is 0 Å². The van der Waals surface area contributed by atoms with E-state index in [9.17, 15) is 4.79 Å². The van der Waals surface area contributed by atoms with E-state index in [2.05, 4.69) is 32.7 Å². The average molecular weight is 534 g/mol. The van der Waals surface area contributed by atoms with Gasteiger partial charge in [0.05, 0.1) is 12.6 Å². The third-order valence-corrected chi connectivity index (χ3v) is 5.54. The van der Waals surface area contributed by atoms with E-state index in [1.165, 1.54) is 12.8 Å². The van der Waals surface area contributed by atoms with Gasteiger partial charge in [0.15, 0.2) is 5.96 Å². The Hall–Kier alpha value is -2.36. The van der Waals surface area contributed by atoms with E-state index in [4.69, 9.17) is 4.99 Å². The first-order chi connectivity index (χ1) is 14.7. The van der Waals surface area contributed by atoms with Crippen molar-refractivity contribution in [2.75, 3.05) is 36.0 Å². The summed E-state index contributed by atoms with van der Waals surface area (Å²) in [6.07, 6.45) is 4.87. The fourth-order valence-electron chi connectivity index (χ4n) is 3.99. The summed E-state index contributed by atoms with van der Waals surface area (Å²) < 4.78 is 0. The summed E-state index contributed by atoms with van der Waals surface area (Å²) in [5, 5.41) is 6.71. The predicted octanol–water partition coefficient (Wildman–Crippen LogP) is 3.16. The van der Waals surface area contributed by atoms with E-state index in [-0.39, 0.29) is 35.9 Å². The van der Waals surface area contributed by atoms with Crippen LogP contribution in [-0.2, 0) is 11.3 Å². The summed E-state index contributed by atoms with van der Waals surface area (Å²) in [5.41, 5.74) is 2.02. The third kappa shape index (κ3) is 6.09. The van der Waals surface area contributed by atoms with Gasteiger partial charge in [-0.3, -0.25) is 4.79 Å². The van der Waals surface area contributed by atoms with Gasteiger partial charge in [-0.05, 0) is 43.5 Å². The molecule has 2 fully saturated rings. The van der Waals surface area contributed by atoms with Crippen LogP contribution in [0.15, 0.2) is 53.7 Å². The molecule has 1 unspecified atom stereocenters. The molecule has 166 valence electrons. The Morgan fingerprint density at radius 2 is 1.94 bits per heavy atom. The first-order valence-corrected chi connectivity index (χ1v) is 10.8. The quantitative estimate of drug-likeness (QED) is 0.339. The maximum atomic E-state index is 12.5. The Morgan fingerprint density at radius 3 is 2.61 bits per heavy atom. The number of anilines is 2. The molecule has 2 aliphatic rings. The van der Waals surface area contributed by atoms with E-state index in [1.807, 2.05) is 48.4 Å². The summed E-state index contributed by atoms with van der Waals surface area (Å²) in [7, 11) is 0. The molecule has 1 atom stereocenters. The van der Waals surface area contributed by atoms with Gasteiger partial charge in [-0.15, -0.1) is 24.0 Å². The summed E-state index contributed by atoms with van der Waals surface area (Å²) in [6, 6.07) is 14.0. The zero-order valence-electron chi connectivity index (χ0n) is 18.0. The fourth-order valence-corrected chi connectivity index (χ4v) is 3.99. The fraction of sp³-hybridized carbons (Fsp3) is 0.435. The van der Waals surface area contributed by atoms with E-state index in [0.29, 0.717) is 19.5 Å². The number of rotatable bonds is 6. The number of pyridine rings is 1. The van der Waals surface area contributed by atoms with Crippen LogP contribution in [0.2, 0.25) is 0 Å². The predicted molar refractivity (Wildman–Crippen MR) is 136 cm³/mol. The van der Waals surface area contributed by atoms with Gasteiger partial charge >= 0.3 is 0 Å². The molecular formula is C23H31IN6O. The zero-order chi connectivity index (χ0) is 20.8. The highest BCUT2D eigenvalue weighted by Crippen LogP contribution is 2.21. The highest BCUT2D eigenvalue weighted by molar-refractivity contribution is 14.0. The molecule has 31 heavy (non-hydrogen) atoms. The maximum Gasteiger partial charge on any atom is 0.229 e. The minimum atomic E-state index is 0. The molecule has 2 aromatic rings. The van der Waals surface area contributed by atoms with Crippen molar-refractivity contribution in [2.24, 2.45) is 4.99 Å². The van der Waals surface area contributed by atoms with Crippen LogP contribution < -0.4 is 20.4 Å². The molecule has 8 heteroatoms. The van der Waals surface area contributed by atoms with Crippen LogP contribution in [0.25, 0.3) is 0 Å². The van der Waals surface area contributed by atoms with Crippen molar-refractivity contribution in [1.29, 1.82) is 0 Å². The maximum absolute atomic E-state index is 12.5. The van der Waals surface area contributed by atoms with Gasteiger partial charge in [0.2, 0.25) is 5.91 Å². The topological polar surface area (TPSA) is 72.9 Å². The molecule has 0 aliphatic carbocycles. The third-order valence-electron chi connectivity index (χ3n) is 5.54. The minimum Gasteiger partial charge on any atom is -0.357 e. The van der Waals surface area contributed by atoms with E-state index >= 15 is 0 Å². The van der Waals surface area contributed by atoms with Gasteiger partial charge in [0.1, 0.15) is 5.82 Å². The summed E-state index contributed by atoms with van der Waals surface area (Å²) >= 11 is 0. The van der Waals surface area contributed by atoms with Crippen molar-refractivity contribution >= 4 is 47.3 Å². The second-order valence-corrected chi connectivity index (χ2v) is 7.80. The van der Waals surface area contributed by atoms with E-state index in [1.54, 1.807) is 0 Å². The molecule has 0 spiro atoms. The summed E-state index contributed by atoms with van der Waals surface area (Å²) in [5.74, 6) is 1.92. The van der Waals surface area contributed by atoms with E-state index in [0.717, 1.165) is 42.7 Å². The number of nitrogens with zero attached hydrogens (tertiary/aromatic N) is 4. The van der Waals surface area contributed by atoms with Gasteiger partial charge < -0.3 is 20.4 Å². The lowest BCUT2D eigenvalue weighted by Crippen LogP contribution is -2.44. The smallest absolute Gasteiger partial charge is 0.229 e. The van der Waals surface area contributed by atoms with Crippen LogP contribution in [-0.4, -0.2) is 49.1 Å². The Balaban J connectivity index is 0.00000272. The molecule has 1 amide bonds. The van der Waals surface area contributed by atoms with Gasteiger partial charge in [-0.25, -0.2) is 9.98 Å². The molecule has 1 aromatic heterocycles. The largest absolute Gasteiger partial charge is 0.357 e. The Labute approximate surface area is 201 Å². The number of guanidine groups is 1. The number of hydrogen-bond acceptors (Lipinski definition) is 4. The molecule has 7 nitrogen and oxygen atoms in total. The molecular weight excluding hydrogens is 503 g/mol. The number of aromatic nitrogens is 1. The van der Waals surface area contributed by atoms with Crippen molar-refractivity contribution in [1.82, 2.24) is 15.6 Å². The highest BCUT2D eigenvalue weighted by atomic mass is 127. The van der Waals surface area contributed by atoms with Gasteiger partial charge in [-0.2, -0.15) is 0 Å². The SMILES string of the molecule is CCNC(=NCc1ccc(N2CCCC2)nc1)NC1CC(=O)N(c2ccccc2)C1.I. The number of nitrogens with one attached hydrogen (secondary N) is 2. The normalized spacial score (nSPS) is 18.8. The highest BCUT2D eigenvalue weighted by Gasteiger charge is 2.31. The van der Waals surface area contributed by atoms with Crippen molar-refractivity contribution in [3.63, 3.8) is 0 Å². The lowest BCUT2D eigenvalue weighted by molar-refractivity contribution is -0.117. The standard InChI is InChI=1S/C23H30N6O.HI/c1-2-24-23(26-16-18-10-11-21(25-15-18)28-12-6-7-13-28)27-19-14-22(30)29(17-19)20-8-4-3-5-9-20;/h3-5,8-11,15,19H,2,6-7,12-14,16-17H2,1H3,(H2,24,26,27);1H. The first kappa shape index (κ1) is 23.3. The number of carbonyl (C=O) groups excluding carboxylic acids is 1. The van der Waals surface area contributed by atoms with Crippen LogP contribution in [0, 0.1) is 0 Å². The molecule has 2 aliphatic heterocycles. The minimum absolute atomic E-state index is 0. The first-order valence-electron chi connectivity index (χ1n) is 10.8. The number of aliphatic imine (C=N–C) groups is 1. The number of carbonyl (C=O) groups is 1. The van der Waals surface area contributed by atoms with Crippen LogP contribution in [0.4, 0.5) is 11.5 Å². The molecule has 2 saturated heterocycles. The number of amides is 1. The van der Waals surface area contributed by atoms with Crippen molar-refractivity contribution in [3.8, 4) is 0 Å². The van der Waals surface area contributed by atoms with Crippen LogP contribution in [0.1, 0.15) is 31.7 Å². The molecule has 3 heterocycles. The Morgan fingerprint density at radius 1 is 1.16 bits per heavy atom. The van der Waals surface area contributed by atoms with Gasteiger partial charge in [-0.1, -0.05) is 24.3 Å². The number of benzene rings is 1. The van der Waals surface area contributed by atoms with Crippen molar-refractivity contribution in [2.45, 2.75) is 38.8 Å². The second-order valence-electron chi connectivity index (χ2n) is 7.80. The Bertz CT molecular complexity index is 867. The number of halogens is 1. The summed E-state index contributed by atoms with van der Waals surface area (Å²) in [6.45, 7) is 6.18. The zero-order valence-corrected chi connectivity index (χ0v) is 20.3. The molecule has 1 aromatic carbocycles. The lowest BCUT2D eigenvalue weighted by atomic mass is 10.2. The van der Waals surface area contributed by atoms with Crippen molar-refractivity contribution < 1.29 is 4.79 Å². The van der Waals surface area contributed by atoms with Crippen LogP contribution in [0.3, 0.4) is 0 Å². The lowest BCUT2D eigenvalue weighted by Gasteiger charge is -2.19. The van der Waals surface area contributed by atoms with Gasteiger partial charge in [0, 0.05) is 44.5 Å². The van der Waals surface area contributed by atoms with Crippen molar-refractivity contribution in [3.05, 3.63) is 54.2 Å². The summed E-state index contributed by atoms with van der Waals surface area (Å²) in [4.78, 5) is 25.9. The molecule has 0 saturated carbocycles. The average Bonchev–Trinajstić information content (AvgIpc) is 3.43. The number of para-hydroxylation sites is 1. The molecule has 4 rings (SSSR count). The van der Waals surface area contributed by atoms with Crippen LogP contribution in [0.5, 0.6) is 0 Å². The second kappa shape index (κ2) is 11.3. The molecule has 2 N–H and O–H groups in total. The Kier molecular flexibility index (Phi) is 8.51.